The van der Waals surface area contributed by atoms with Gasteiger partial charge in [0.1, 0.15) is 17.4 Å². The molecular weight excluding hydrogens is 358 g/mol. The van der Waals surface area contributed by atoms with Gasteiger partial charge in [-0.15, -0.1) is 11.3 Å². The molecule has 1 amide bonds. The summed E-state index contributed by atoms with van der Waals surface area (Å²) in [6.45, 7) is 2.22. The maximum atomic E-state index is 12.2. The SMILES string of the molecule is Cc1c(Cl)cccc1NC(=O)Cc1csc(COc2cccnc2)n1. The van der Waals surface area contributed by atoms with E-state index in [4.69, 9.17) is 16.3 Å². The van der Waals surface area contributed by atoms with E-state index in [0.717, 1.165) is 10.6 Å². The molecule has 0 saturated heterocycles. The maximum absolute atomic E-state index is 12.2. The van der Waals surface area contributed by atoms with Crippen LogP contribution in [0.4, 0.5) is 5.69 Å². The van der Waals surface area contributed by atoms with Gasteiger partial charge in [-0.1, -0.05) is 17.7 Å². The van der Waals surface area contributed by atoms with Gasteiger partial charge in [0.15, 0.2) is 0 Å². The van der Waals surface area contributed by atoms with Crippen LogP contribution in [-0.2, 0) is 17.8 Å². The Kier molecular flexibility index (Phi) is 5.63. The fourth-order valence-corrected chi connectivity index (χ4v) is 3.06. The highest BCUT2D eigenvalue weighted by Gasteiger charge is 2.10. The minimum atomic E-state index is -0.129. The van der Waals surface area contributed by atoms with Gasteiger partial charge in [-0.3, -0.25) is 9.78 Å². The molecule has 0 aliphatic heterocycles. The molecule has 25 heavy (non-hydrogen) atoms. The fourth-order valence-electron chi connectivity index (χ4n) is 2.18. The summed E-state index contributed by atoms with van der Waals surface area (Å²) in [6.07, 6.45) is 3.54. The molecule has 0 radical (unpaired) electrons. The molecule has 1 N–H and O–H groups in total. The average Bonchev–Trinajstić information content (AvgIpc) is 3.05. The molecule has 2 heterocycles. The minimum Gasteiger partial charge on any atom is -0.485 e. The van der Waals surface area contributed by atoms with E-state index in [0.29, 0.717) is 28.8 Å². The number of ether oxygens (including phenoxy) is 1. The summed E-state index contributed by atoms with van der Waals surface area (Å²) >= 11 is 7.53. The molecule has 0 spiro atoms. The standard InChI is InChI=1S/C18H16ClN3O2S/c1-12-15(19)5-2-6-16(12)22-17(23)8-13-11-25-18(21-13)10-24-14-4-3-7-20-9-14/h2-7,9,11H,8,10H2,1H3,(H,22,23). The number of nitrogens with zero attached hydrogens (tertiary/aromatic N) is 2. The number of halogens is 1. The Hall–Kier alpha value is -2.44. The van der Waals surface area contributed by atoms with Crippen LogP contribution in [0, 0.1) is 6.92 Å². The number of rotatable bonds is 6. The van der Waals surface area contributed by atoms with E-state index < -0.39 is 0 Å². The summed E-state index contributed by atoms with van der Waals surface area (Å²) < 4.78 is 5.61. The number of hydrogen-bond acceptors (Lipinski definition) is 5. The van der Waals surface area contributed by atoms with Crippen molar-refractivity contribution in [1.82, 2.24) is 9.97 Å². The zero-order valence-corrected chi connectivity index (χ0v) is 15.1. The number of carbonyl (C=O) groups excluding carboxylic acids is 1. The summed E-state index contributed by atoms with van der Waals surface area (Å²) in [5.41, 5.74) is 2.28. The van der Waals surface area contributed by atoms with Crippen molar-refractivity contribution < 1.29 is 9.53 Å². The molecule has 0 unspecified atom stereocenters. The summed E-state index contributed by atoms with van der Waals surface area (Å²) in [7, 11) is 0. The van der Waals surface area contributed by atoms with E-state index in [1.807, 2.05) is 36.6 Å². The van der Waals surface area contributed by atoms with E-state index in [2.05, 4.69) is 15.3 Å². The second-order valence-corrected chi connectivity index (χ2v) is 6.70. The summed E-state index contributed by atoms with van der Waals surface area (Å²) in [5, 5.41) is 6.17. The molecule has 5 nitrogen and oxygen atoms in total. The van der Waals surface area contributed by atoms with Crippen molar-refractivity contribution >= 4 is 34.5 Å². The van der Waals surface area contributed by atoms with Crippen molar-refractivity contribution in [2.24, 2.45) is 0 Å². The Morgan fingerprint density at radius 3 is 3.00 bits per heavy atom. The molecule has 0 aliphatic carbocycles. The molecule has 0 aliphatic rings. The van der Waals surface area contributed by atoms with E-state index >= 15 is 0 Å². The quantitative estimate of drug-likeness (QED) is 0.701. The number of aromatic nitrogens is 2. The van der Waals surface area contributed by atoms with Crippen molar-refractivity contribution in [2.75, 3.05) is 5.32 Å². The molecule has 3 aromatic rings. The molecule has 0 bridgehead atoms. The summed E-state index contributed by atoms with van der Waals surface area (Å²) in [6, 6.07) is 9.07. The number of pyridine rings is 1. The number of benzene rings is 1. The third kappa shape index (κ3) is 4.78. The van der Waals surface area contributed by atoms with Gasteiger partial charge < -0.3 is 10.1 Å². The third-order valence-corrected chi connectivity index (χ3v) is 4.76. The summed E-state index contributed by atoms with van der Waals surface area (Å²) in [4.78, 5) is 20.6. The van der Waals surface area contributed by atoms with Crippen LogP contribution < -0.4 is 10.1 Å². The van der Waals surface area contributed by atoms with Crippen LogP contribution in [-0.4, -0.2) is 15.9 Å². The van der Waals surface area contributed by atoms with Crippen LogP contribution in [0.3, 0.4) is 0 Å². The smallest absolute Gasteiger partial charge is 0.230 e. The van der Waals surface area contributed by atoms with Crippen LogP contribution in [0.25, 0.3) is 0 Å². The largest absolute Gasteiger partial charge is 0.485 e. The maximum Gasteiger partial charge on any atom is 0.230 e. The van der Waals surface area contributed by atoms with Crippen molar-refractivity contribution in [2.45, 2.75) is 20.0 Å². The highest BCUT2D eigenvalue weighted by molar-refractivity contribution is 7.09. The van der Waals surface area contributed by atoms with Crippen molar-refractivity contribution in [3.05, 3.63) is 69.4 Å². The van der Waals surface area contributed by atoms with Crippen LogP contribution in [0.2, 0.25) is 5.02 Å². The first-order chi connectivity index (χ1) is 12.1. The van der Waals surface area contributed by atoms with E-state index in [1.54, 1.807) is 18.5 Å². The normalized spacial score (nSPS) is 10.5. The monoisotopic (exact) mass is 373 g/mol. The number of amides is 1. The van der Waals surface area contributed by atoms with Crippen molar-refractivity contribution in [3.8, 4) is 5.75 Å². The van der Waals surface area contributed by atoms with Crippen LogP contribution >= 0.6 is 22.9 Å². The molecule has 0 atom stereocenters. The lowest BCUT2D eigenvalue weighted by Gasteiger charge is -2.08. The number of nitrogens with one attached hydrogen (secondary N) is 1. The molecule has 7 heteroatoms. The van der Waals surface area contributed by atoms with Crippen LogP contribution in [0.15, 0.2) is 48.1 Å². The van der Waals surface area contributed by atoms with Gasteiger partial charge in [0.2, 0.25) is 5.91 Å². The zero-order chi connectivity index (χ0) is 17.6. The molecule has 0 fully saturated rings. The second-order valence-electron chi connectivity index (χ2n) is 5.35. The molecule has 3 rings (SSSR count). The van der Waals surface area contributed by atoms with E-state index in [1.165, 1.54) is 11.3 Å². The molecule has 1 aromatic carbocycles. The van der Waals surface area contributed by atoms with E-state index in [9.17, 15) is 4.79 Å². The Balaban J connectivity index is 1.55. The minimum absolute atomic E-state index is 0.129. The van der Waals surface area contributed by atoms with Gasteiger partial charge in [0.25, 0.3) is 0 Å². The number of carbonyl (C=O) groups is 1. The van der Waals surface area contributed by atoms with Gasteiger partial charge in [0, 0.05) is 22.3 Å². The van der Waals surface area contributed by atoms with Crippen LogP contribution in [0.5, 0.6) is 5.75 Å². The Bertz CT molecular complexity index is 868. The van der Waals surface area contributed by atoms with Crippen molar-refractivity contribution in [1.29, 1.82) is 0 Å². The Morgan fingerprint density at radius 1 is 1.32 bits per heavy atom. The Labute approximate surface area is 154 Å². The van der Waals surface area contributed by atoms with Gasteiger partial charge in [0.05, 0.1) is 18.3 Å². The lowest BCUT2D eigenvalue weighted by molar-refractivity contribution is -0.115. The first-order valence-electron chi connectivity index (χ1n) is 7.63. The predicted molar refractivity (Wildman–Crippen MR) is 99.2 cm³/mol. The zero-order valence-electron chi connectivity index (χ0n) is 13.5. The Morgan fingerprint density at radius 2 is 2.20 bits per heavy atom. The van der Waals surface area contributed by atoms with Gasteiger partial charge in [-0.05, 0) is 36.8 Å². The predicted octanol–water partition coefficient (Wildman–Crippen LogP) is 4.26. The highest BCUT2D eigenvalue weighted by atomic mass is 35.5. The average molecular weight is 374 g/mol. The van der Waals surface area contributed by atoms with Gasteiger partial charge in [-0.25, -0.2) is 4.98 Å². The third-order valence-electron chi connectivity index (χ3n) is 3.48. The first kappa shape index (κ1) is 17.4. The lowest BCUT2D eigenvalue weighted by atomic mass is 10.2. The second kappa shape index (κ2) is 8.09. The van der Waals surface area contributed by atoms with E-state index in [-0.39, 0.29) is 12.3 Å². The molecule has 128 valence electrons. The number of thiazole rings is 1. The molecular formula is C18H16ClN3O2S. The topological polar surface area (TPSA) is 64.1 Å². The van der Waals surface area contributed by atoms with Gasteiger partial charge in [-0.2, -0.15) is 0 Å². The fraction of sp³-hybridized carbons (Fsp3) is 0.167. The lowest BCUT2D eigenvalue weighted by Crippen LogP contribution is -2.15. The highest BCUT2D eigenvalue weighted by Crippen LogP contribution is 2.23. The first-order valence-corrected chi connectivity index (χ1v) is 8.88. The molecule has 2 aromatic heterocycles. The number of hydrogen-bond donors (Lipinski definition) is 1. The summed E-state index contributed by atoms with van der Waals surface area (Å²) in [5.74, 6) is 0.559. The van der Waals surface area contributed by atoms with Crippen molar-refractivity contribution in [3.63, 3.8) is 0 Å². The number of anilines is 1. The van der Waals surface area contributed by atoms with Gasteiger partial charge >= 0.3 is 0 Å². The van der Waals surface area contributed by atoms with Crippen LogP contribution in [0.1, 0.15) is 16.3 Å². The molecule has 0 saturated carbocycles.